The SMILES string of the molecule is Cc1c(C(C)(F)F)ccc2c1nc(Cc1c(Cl)ccc(C(=O)N3CCOCC3)c1Cl)n2C. The average molecular weight is 482 g/mol. The third kappa shape index (κ3) is 4.09. The highest BCUT2D eigenvalue weighted by molar-refractivity contribution is 6.38. The molecule has 0 unspecified atom stereocenters. The van der Waals surface area contributed by atoms with E-state index in [4.69, 9.17) is 27.9 Å². The van der Waals surface area contributed by atoms with E-state index >= 15 is 0 Å². The fourth-order valence-electron chi connectivity index (χ4n) is 4.09. The van der Waals surface area contributed by atoms with E-state index in [-0.39, 0.29) is 22.9 Å². The van der Waals surface area contributed by atoms with Gasteiger partial charge in [0, 0.05) is 44.1 Å². The summed E-state index contributed by atoms with van der Waals surface area (Å²) in [5.74, 6) is -2.53. The minimum Gasteiger partial charge on any atom is -0.378 e. The molecular weight excluding hydrogens is 459 g/mol. The molecule has 0 aliphatic carbocycles. The summed E-state index contributed by atoms with van der Waals surface area (Å²) in [4.78, 5) is 19.3. The number of fused-ring (bicyclic) bond motifs is 1. The molecule has 170 valence electrons. The molecule has 0 N–H and O–H groups in total. The summed E-state index contributed by atoms with van der Waals surface area (Å²) < 4.78 is 35.1. The van der Waals surface area contributed by atoms with Gasteiger partial charge in [0.15, 0.2) is 0 Å². The molecular formula is C23H23Cl2F2N3O2. The van der Waals surface area contributed by atoms with Crippen molar-refractivity contribution in [3.63, 3.8) is 0 Å². The van der Waals surface area contributed by atoms with Crippen LogP contribution in [0.2, 0.25) is 10.0 Å². The number of carbonyl (C=O) groups is 1. The van der Waals surface area contributed by atoms with Crippen LogP contribution in [0.5, 0.6) is 0 Å². The summed E-state index contributed by atoms with van der Waals surface area (Å²) >= 11 is 13.1. The second-order valence-electron chi connectivity index (χ2n) is 8.05. The zero-order chi connectivity index (χ0) is 23.2. The maximum Gasteiger partial charge on any atom is 0.270 e. The first kappa shape index (κ1) is 23.0. The Morgan fingerprint density at radius 3 is 2.53 bits per heavy atom. The van der Waals surface area contributed by atoms with Gasteiger partial charge in [0.05, 0.1) is 34.8 Å². The summed E-state index contributed by atoms with van der Waals surface area (Å²) in [6.07, 6.45) is 0.254. The van der Waals surface area contributed by atoms with Crippen molar-refractivity contribution in [3.8, 4) is 0 Å². The highest BCUT2D eigenvalue weighted by Crippen LogP contribution is 2.35. The third-order valence-corrected chi connectivity index (χ3v) is 6.71. The molecule has 1 amide bonds. The molecule has 32 heavy (non-hydrogen) atoms. The molecule has 2 aromatic carbocycles. The lowest BCUT2D eigenvalue weighted by Crippen LogP contribution is -2.40. The Morgan fingerprint density at radius 2 is 1.88 bits per heavy atom. The molecule has 1 aliphatic heterocycles. The Bertz CT molecular complexity index is 1200. The van der Waals surface area contributed by atoms with Crippen LogP contribution in [0.15, 0.2) is 24.3 Å². The van der Waals surface area contributed by atoms with Crippen LogP contribution in [0, 0.1) is 6.92 Å². The van der Waals surface area contributed by atoms with Crippen molar-refractivity contribution in [1.82, 2.24) is 14.5 Å². The predicted molar refractivity (Wildman–Crippen MR) is 121 cm³/mol. The first-order chi connectivity index (χ1) is 15.1. The molecule has 0 bridgehead atoms. The van der Waals surface area contributed by atoms with Crippen molar-refractivity contribution in [3.05, 3.63) is 62.4 Å². The standard InChI is InChI=1S/C23H23Cl2F2N3O2/c1-13-16(23(2,26)27)5-7-18-21(13)28-19(29(18)3)12-15-17(24)6-4-14(20(15)25)22(31)30-8-10-32-11-9-30/h4-7H,8-12H2,1-3H3. The lowest BCUT2D eigenvalue weighted by molar-refractivity contribution is 0.0169. The summed E-state index contributed by atoms with van der Waals surface area (Å²) in [7, 11) is 1.82. The van der Waals surface area contributed by atoms with E-state index in [1.807, 2.05) is 11.6 Å². The van der Waals surface area contributed by atoms with Crippen molar-refractivity contribution < 1.29 is 18.3 Å². The van der Waals surface area contributed by atoms with Gasteiger partial charge in [-0.3, -0.25) is 4.79 Å². The topological polar surface area (TPSA) is 47.4 Å². The molecule has 0 radical (unpaired) electrons. The number of nitrogens with zero attached hydrogens (tertiary/aromatic N) is 3. The van der Waals surface area contributed by atoms with E-state index in [0.29, 0.717) is 59.4 Å². The van der Waals surface area contributed by atoms with Crippen LogP contribution < -0.4 is 0 Å². The number of ether oxygens (including phenoxy) is 1. The van der Waals surface area contributed by atoms with Gasteiger partial charge in [0.1, 0.15) is 5.82 Å². The number of aromatic nitrogens is 2. The van der Waals surface area contributed by atoms with Gasteiger partial charge in [-0.1, -0.05) is 29.3 Å². The monoisotopic (exact) mass is 481 g/mol. The number of rotatable bonds is 4. The minimum absolute atomic E-state index is 0.0520. The molecule has 1 saturated heterocycles. The number of benzene rings is 2. The maximum absolute atomic E-state index is 14.0. The largest absolute Gasteiger partial charge is 0.378 e. The molecule has 4 rings (SSSR count). The normalized spacial score (nSPS) is 14.9. The molecule has 5 nitrogen and oxygen atoms in total. The maximum atomic E-state index is 14.0. The van der Waals surface area contributed by atoms with E-state index in [9.17, 15) is 13.6 Å². The van der Waals surface area contributed by atoms with Crippen LogP contribution >= 0.6 is 23.2 Å². The van der Waals surface area contributed by atoms with Crippen molar-refractivity contribution in [2.75, 3.05) is 26.3 Å². The Morgan fingerprint density at radius 1 is 1.19 bits per heavy atom. The molecule has 3 aromatic rings. The number of alkyl halides is 2. The van der Waals surface area contributed by atoms with Crippen molar-refractivity contribution in [1.29, 1.82) is 0 Å². The van der Waals surface area contributed by atoms with Crippen LogP contribution in [0.4, 0.5) is 8.78 Å². The number of aryl methyl sites for hydroxylation is 2. The van der Waals surface area contributed by atoms with Crippen molar-refractivity contribution in [2.45, 2.75) is 26.2 Å². The van der Waals surface area contributed by atoms with Crippen molar-refractivity contribution in [2.24, 2.45) is 7.05 Å². The molecule has 1 aromatic heterocycles. The summed E-state index contributed by atoms with van der Waals surface area (Å²) in [5, 5.41) is 0.691. The van der Waals surface area contributed by atoms with Crippen LogP contribution in [0.1, 0.15) is 39.8 Å². The number of halogens is 4. The second-order valence-corrected chi connectivity index (χ2v) is 8.84. The lowest BCUT2D eigenvalue weighted by atomic mass is 10.0. The average Bonchev–Trinajstić information content (AvgIpc) is 3.07. The van der Waals surface area contributed by atoms with Gasteiger partial charge in [-0.25, -0.2) is 13.8 Å². The second kappa shape index (κ2) is 8.61. The number of hydrogen-bond acceptors (Lipinski definition) is 3. The molecule has 9 heteroatoms. The zero-order valence-electron chi connectivity index (χ0n) is 18.0. The van der Waals surface area contributed by atoms with Gasteiger partial charge >= 0.3 is 0 Å². The summed E-state index contributed by atoms with van der Waals surface area (Å²) in [6, 6.07) is 6.36. The Kier molecular flexibility index (Phi) is 6.18. The molecule has 1 fully saturated rings. The quantitative estimate of drug-likeness (QED) is 0.503. The van der Waals surface area contributed by atoms with Crippen LogP contribution in [0.25, 0.3) is 11.0 Å². The number of amides is 1. The summed E-state index contributed by atoms with van der Waals surface area (Å²) in [6.45, 7) is 4.50. The molecule has 1 aliphatic rings. The van der Waals surface area contributed by atoms with Crippen LogP contribution in [0.3, 0.4) is 0 Å². The molecule has 0 spiro atoms. The van der Waals surface area contributed by atoms with Crippen molar-refractivity contribution >= 4 is 40.1 Å². The fourth-order valence-corrected chi connectivity index (χ4v) is 4.68. The van der Waals surface area contributed by atoms with Crippen LogP contribution in [-0.4, -0.2) is 46.7 Å². The Labute approximate surface area is 194 Å². The Hall–Kier alpha value is -2.22. The molecule has 0 atom stereocenters. The highest BCUT2D eigenvalue weighted by atomic mass is 35.5. The van der Waals surface area contributed by atoms with Gasteiger partial charge in [-0.2, -0.15) is 0 Å². The van der Waals surface area contributed by atoms with E-state index in [1.54, 1.807) is 30.0 Å². The zero-order valence-corrected chi connectivity index (χ0v) is 19.5. The first-order valence-electron chi connectivity index (χ1n) is 10.3. The number of morpholine rings is 1. The summed E-state index contributed by atoms with van der Waals surface area (Å²) in [5.41, 5.74) is 2.57. The molecule has 2 heterocycles. The Balaban J connectivity index is 1.73. The van der Waals surface area contributed by atoms with E-state index in [0.717, 1.165) is 12.4 Å². The third-order valence-electron chi connectivity index (χ3n) is 5.92. The number of imidazole rings is 1. The lowest BCUT2D eigenvalue weighted by Gasteiger charge is -2.27. The minimum atomic E-state index is -2.96. The van der Waals surface area contributed by atoms with Gasteiger partial charge in [-0.15, -0.1) is 0 Å². The van der Waals surface area contributed by atoms with Gasteiger partial charge < -0.3 is 14.2 Å². The predicted octanol–water partition coefficient (Wildman–Crippen LogP) is 5.36. The van der Waals surface area contributed by atoms with Gasteiger partial charge in [-0.05, 0) is 36.2 Å². The highest BCUT2D eigenvalue weighted by Gasteiger charge is 2.29. The fraction of sp³-hybridized carbons (Fsp3) is 0.391. The van der Waals surface area contributed by atoms with E-state index in [2.05, 4.69) is 4.98 Å². The van der Waals surface area contributed by atoms with Gasteiger partial charge in [0.25, 0.3) is 11.8 Å². The molecule has 0 saturated carbocycles. The van der Waals surface area contributed by atoms with Crippen LogP contribution in [-0.2, 0) is 24.1 Å². The number of hydrogen-bond donors (Lipinski definition) is 0. The number of carbonyl (C=O) groups excluding carboxylic acids is 1. The van der Waals surface area contributed by atoms with Gasteiger partial charge in [0.2, 0.25) is 0 Å². The van der Waals surface area contributed by atoms with E-state index < -0.39 is 5.92 Å². The first-order valence-corrected chi connectivity index (χ1v) is 11.0. The van der Waals surface area contributed by atoms with E-state index in [1.165, 1.54) is 6.07 Å². The smallest absolute Gasteiger partial charge is 0.270 e.